The number of nitrogens with one attached hydrogen (secondary N) is 2. The van der Waals surface area contributed by atoms with Crippen LogP contribution in [0.15, 0.2) is 42.5 Å². The molecule has 1 unspecified atom stereocenters. The molecule has 0 bridgehead atoms. The maximum Gasteiger partial charge on any atom is 0.251 e. The molecule has 0 saturated carbocycles. The largest absolute Gasteiger partial charge is 0.355 e. The number of hydrogen-bond donors (Lipinski definition) is 2. The van der Waals surface area contributed by atoms with Gasteiger partial charge in [0.05, 0.1) is 0 Å². The van der Waals surface area contributed by atoms with Crippen LogP contribution in [0.5, 0.6) is 0 Å². The van der Waals surface area contributed by atoms with Crippen LogP contribution < -0.4 is 10.6 Å². The molecule has 0 spiro atoms. The number of amides is 3. The molecule has 1 heterocycles. The van der Waals surface area contributed by atoms with Crippen LogP contribution in [0.3, 0.4) is 0 Å². The van der Waals surface area contributed by atoms with Crippen LogP contribution >= 0.6 is 0 Å². The summed E-state index contributed by atoms with van der Waals surface area (Å²) in [5.41, 5.74) is 3.95. The van der Waals surface area contributed by atoms with E-state index in [1.165, 1.54) is 0 Å². The maximum absolute atomic E-state index is 13.3. The highest BCUT2D eigenvalue weighted by Gasteiger charge is 2.34. The van der Waals surface area contributed by atoms with Crippen molar-refractivity contribution in [2.24, 2.45) is 5.92 Å². The van der Waals surface area contributed by atoms with Gasteiger partial charge < -0.3 is 15.5 Å². The quantitative estimate of drug-likeness (QED) is 0.798. The lowest BCUT2D eigenvalue weighted by Gasteiger charge is -2.36. The van der Waals surface area contributed by atoms with Gasteiger partial charge in [-0.05, 0) is 41.7 Å². The van der Waals surface area contributed by atoms with Gasteiger partial charge in [-0.2, -0.15) is 0 Å². The van der Waals surface area contributed by atoms with Crippen molar-refractivity contribution >= 4 is 23.4 Å². The molecule has 6 heteroatoms. The lowest BCUT2D eigenvalue weighted by molar-refractivity contribution is -0.140. The Bertz CT molecular complexity index is 968. The van der Waals surface area contributed by atoms with Crippen molar-refractivity contribution in [1.82, 2.24) is 10.2 Å². The molecular formula is C24H29N3O3. The number of hydrogen-bond acceptors (Lipinski definition) is 3. The van der Waals surface area contributed by atoms with Gasteiger partial charge >= 0.3 is 0 Å². The molecule has 2 N–H and O–H groups in total. The molecule has 2 aromatic carbocycles. The normalized spacial score (nSPS) is 15.5. The third-order valence-electron chi connectivity index (χ3n) is 5.52. The van der Waals surface area contributed by atoms with Crippen molar-refractivity contribution in [2.75, 3.05) is 12.4 Å². The Morgan fingerprint density at radius 1 is 1.07 bits per heavy atom. The summed E-state index contributed by atoms with van der Waals surface area (Å²) in [6.07, 6.45) is 0.872. The molecule has 0 aliphatic carbocycles. The first-order chi connectivity index (χ1) is 14.3. The molecule has 1 atom stereocenters. The van der Waals surface area contributed by atoms with E-state index in [2.05, 4.69) is 10.6 Å². The van der Waals surface area contributed by atoms with Gasteiger partial charge in [0.25, 0.3) is 5.91 Å². The van der Waals surface area contributed by atoms with E-state index in [1.807, 2.05) is 38.1 Å². The first-order valence-electron chi connectivity index (χ1n) is 10.3. The van der Waals surface area contributed by atoms with E-state index in [0.29, 0.717) is 36.2 Å². The lowest BCUT2D eigenvalue weighted by Crippen LogP contribution is -2.51. The molecule has 0 radical (unpaired) electrons. The summed E-state index contributed by atoms with van der Waals surface area (Å²) < 4.78 is 0. The van der Waals surface area contributed by atoms with E-state index in [9.17, 15) is 14.4 Å². The van der Waals surface area contributed by atoms with Crippen LogP contribution in [0.2, 0.25) is 0 Å². The Labute approximate surface area is 177 Å². The summed E-state index contributed by atoms with van der Waals surface area (Å²) in [5.74, 6) is -0.247. The van der Waals surface area contributed by atoms with E-state index in [-0.39, 0.29) is 23.6 Å². The summed E-state index contributed by atoms with van der Waals surface area (Å²) >= 11 is 0. The van der Waals surface area contributed by atoms with Crippen LogP contribution in [0.1, 0.15) is 47.3 Å². The van der Waals surface area contributed by atoms with Crippen molar-refractivity contribution in [3.63, 3.8) is 0 Å². The molecule has 1 aliphatic rings. The van der Waals surface area contributed by atoms with Crippen LogP contribution in [-0.4, -0.2) is 35.7 Å². The Morgan fingerprint density at radius 2 is 1.77 bits per heavy atom. The molecular weight excluding hydrogens is 378 g/mol. The molecule has 30 heavy (non-hydrogen) atoms. The molecule has 158 valence electrons. The Balaban J connectivity index is 1.89. The second-order valence-electron chi connectivity index (χ2n) is 8.15. The fraction of sp³-hybridized carbons (Fsp3) is 0.375. The highest BCUT2D eigenvalue weighted by Crippen LogP contribution is 2.27. The van der Waals surface area contributed by atoms with Crippen LogP contribution in [0.4, 0.5) is 5.69 Å². The fourth-order valence-electron chi connectivity index (χ4n) is 3.85. The summed E-state index contributed by atoms with van der Waals surface area (Å²) in [4.78, 5) is 40.0. The molecule has 0 aromatic heterocycles. The van der Waals surface area contributed by atoms with Gasteiger partial charge in [0.15, 0.2) is 0 Å². The second-order valence-corrected chi connectivity index (χ2v) is 8.15. The number of nitrogens with zero attached hydrogens (tertiary/aromatic N) is 1. The van der Waals surface area contributed by atoms with Gasteiger partial charge in [0.2, 0.25) is 11.8 Å². The predicted molar refractivity (Wildman–Crippen MR) is 117 cm³/mol. The minimum absolute atomic E-state index is 0.0181. The number of carbonyl (C=O) groups excluding carboxylic acids is 3. The number of rotatable bonds is 5. The first-order valence-corrected chi connectivity index (χ1v) is 10.3. The third kappa shape index (κ3) is 4.53. The average Bonchev–Trinajstić information content (AvgIpc) is 2.73. The van der Waals surface area contributed by atoms with E-state index < -0.39 is 6.04 Å². The van der Waals surface area contributed by atoms with Crippen molar-refractivity contribution in [1.29, 1.82) is 0 Å². The fourth-order valence-corrected chi connectivity index (χ4v) is 3.85. The standard InChI is InChI=1S/C24H29N3O3/c1-15(2)12-22(28)27-14-18-9-6-5-8-17(18)13-21(27)24(30)26-20-11-7-10-19(16(20)3)23(29)25-4/h5-11,15,21H,12-14H2,1-4H3,(H,25,29)(H,26,30). The SMILES string of the molecule is CNC(=O)c1cccc(NC(=O)C2Cc3ccccc3CN2C(=O)CC(C)C)c1C. The Morgan fingerprint density at radius 3 is 2.43 bits per heavy atom. The van der Waals surface area contributed by atoms with E-state index in [0.717, 1.165) is 11.1 Å². The zero-order chi connectivity index (χ0) is 21.8. The van der Waals surface area contributed by atoms with Gasteiger partial charge in [-0.3, -0.25) is 14.4 Å². The highest BCUT2D eigenvalue weighted by atomic mass is 16.2. The van der Waals surface area contributed by atoms with Gasteiger partial charge in [-0.25, -0.2) is 0 Å². The van der Waals surface area contributed by atoms with E-state index in [1.54, 1.807) is 37.1 Å². The van der Waals surface area contributed by atoms with E-state index in [4.69, 9.17) is 0 Å². The van der Waals surface area contributed by atoms with Gasteiger partial charge in [-0.15, -0.1) is 0 Å². The molecule has 0 fully saturated rings. The average molecular weight is 408 g/mol. The lowest BCUT2D eigenvalue weighted by atomic mass is 9.92. The Hall–Kier alpha value is -3.15. The second kappa shape index (κ2) is 9.11. The number of benzene rings is 2. The summed E-state index contributed by atoms with van der Waals surface area (Å²) in [7, 11) is 1.57. The van der Waals surface area contributed by atoms with E-state index >= 15 is 0 Å². The molecule has 3 rings (SSSR count). The van der Waals surface area contributed by atoms with Crippen molar-refractivity contribution in [3.8, 4) is 0 Å². The molecule has 3 amide bonds. The van der Waals surface area contributed by atoms with Crippen LogP contribution in [0.25, 0.3) is 0 Å². The monoisotopic (exact) mass is 407 g/mol. The predicted octanol–water partition coefficient (Wildman–Crippen LogP) is 3.29. The minimum Gasteiger partial charge on any atom is -0.355 e. The topological polar surface area (TPSA) is 78.5 Å². The summed E-state index contributed by atoms with van der Waals surface area (Å²) in [6.45, 7) is 6.23. The van der Waals surface area contributed by atoms with Crippen molar-refractivity contribution < 1.29 is 14.4 Å². The van der Waals surface area contributed by atoms with Gasteiger partial charge in [0, 0.05) is 37.7 Å². The number of carbonyl (C=O) groups is 3. The zero-order valence-corrected chi connectivity index (χ0v) is 18.0. The van der Waals surface area contributed by atoms with Crippen LogP contribution in [-0.2, 0) is 22.6 Å². The van der Waals surface area contributed by atoms with Gasteiger partial charge in [0.1, 0.15) is 6.04 Å². The summed E-state index contributed by atoms with van der Waals surface area (Å²) in [5, 5.41) is 5.57. The zero-order valence-electron chi connectivity index (χ0n) is 18.0. The molecule has 2 aromatic rings. The molecule has 6 nitrogen and oxygen atoms in total. The van der Waals surface area contributed by atoms with Gasteiger partial charge in [-0.1, -0.05) is 44.2 Å². The number of fused-ring (bicyclic) bond motifs is 1. The summed E-state index contributed by atoms with van der Waals surface area (Å²) in [6, 6.07) is 12.6. The number of anilines is 1. The first kappa shape index (κ1) is 21.6. The van der Waals surface area contributed by atoms with Crippen LogP contribution in [0, 0.1) is 12.8 Å². The van der Waals surface area contributed by atoms with Crippen molar-refractivity contribution in [3.05, 3.63) is 64.7 Å². The Kier molecular flexibility index (Phi) is 6.55. The minimum atomic E-state index is -0.589. The smallest absolute Gasteiger partial charge is 0.251 e. The third-order valence-corrected chi connectivity index (χ3v) is 5.52. The maximum atomic E-state index is 13.3. The highest BCUT2D eigenvalue weighted by molar-refractivity contribution is 6.01. The molecule has 1 aliphatic heterocycles. The van der Waals surface area contributed by atoms with Crippen molar-refractivity contribution in [2.45, 2.75) is 46.2 Å². The molecule has 0 saturated heterocycles.